The second kappa shape index (κ2) is 35.2. The molecule has 4 heterocycles. The minimum absolute atomic E-state index is 0.107. The van der Waals surface area contributed by atoms with Crippen molar-refractivity contribution in [3.05, 3.63) is 50.9 Å². The van der Waals surface area contributed by atoms with Gasteiger partial charge >= 0.3 is 12.2 Å². The van der Waals surface area contributed by atoms with Gasteiger partial charge in [-0.25, -0.2) is 24.5 Å². The molecule has 0 aliphatic carbocycles. The number of halogens is 1. The van der Waals surface area contributed by atoms with E-state index in [1.165, 1.54) is 12.7 Å². The van der Waals surface area contributed by atoms with Crippen LogP contribution in [0.2, 0.25) is 0 Å². The molecule has 0 aromatic carbocycles. The Morgan fingerprint density at radius 1 is 0.615 bits per heavy atom. The van der Waals surface area contributed by atoms with Gasteiger partial charge in [0.2, 0.25) is 0 Å². The molecule has 0 radical (unpaired) electrons. The number of rotatable bonds is 28. The first-order valence-electron chi connectivity index (χ1n) is 26.6. The number of carbonyl (C=O) groups is 3. The number of carbonyl (C=O) groups excluding carboxylic acids is 3. The third-order valence-electron chi connectivity index (χ3n) is 11.5. The number of aromatic nitrogens is 3. The zero-order chi connectivity index (χ0) is 58.6. The Bertz CT molecular complexity index is 2300. The molecule has 0 saturated carbocycles. The van der Waals surface area contributed by atoms with E-state index in [2.05, 4.69) is 74.2 Å². The monoisotopic (exact) mass is 1160 g/mol. The van der Waals surface area contributed by atoms with E-state index in [-0.39, 0.29) is 35.5 Å². The van der Waals surface area contributed by atoms with Crippen LogP contribution in [0.5, 0.6) is 34.9 Å². The fraction of sp³-hybridized carbons (Fsp3) is 0.667. The number of aliphatic imine (C=N–C) groups is 1. The normalized spacial score (nSPS) is 13.7. The number of amides is 2. The topological polar surface area (TPSA) is 228 Å². The van der Waals surface area contributed by atoms with Gasteiger partial charge < -0.3 is 62.7 Å². The molecule has 0 fully saturated rings. The van der Waals surface area contributed by atoms with Crippen LogP contribution in [0.4, 0.5) is 9.59 Å². The second-order valence-corrected chi connectivity index (χ2v) is 22.2. The summed E-state index contributed by atoms with van der Waals surface area (Å²) in [5, 5.41) is 5.85. The van der Waals surface area contributed by atoms with Gasteiger partial charge in [0.1, 0.15) is 21.5 Å². The molecule has 1 aliphatic heterocycles. The van der Waals surface area contributed by atoms with Crippen molar-refractivity contribution < 1.29 is 66.5 Å². The number of hydrogen-bond donors (Lipinski definition) is 2. The average molecular weight is 1160 g/mol. The van der Waals surface area contributed by atoms with Gasteiger partial charge in [-0.15, -0.1) is 0 Å². The van der Waals surface area contributed by atoms with E-state index in [0.29, 0.717) is 116 Å². The summed E-state index contributed by atoms with van der Waals surface area (Å²) >= 11 is 3.50. The lowest BCUT2D eigenvalue weighted by Gasteiger charge is -2.26. The number of pyridine rings is 3. The number of nitrogens with one attached hydrogen (secondary N) is 2. The van der Waals surface area contributed by atoms with Crippen LogP contribution in [-0.2, 0) is 42.9 Å². The quantitative estimate of drug-likeness (QED) is 0.0391. The summed E-state index contributed by atoms with van der Waals surface area (Å²) in [6.07, 6.45) is 5.78. The minimum Gasteiger partial charge on any atom is -0.488 e. The number of nitrogens with zero attached hydrogens (tertiary/aromatic N) is 4. The zero-order valence-electron chi connectivity index (χ0n) is 49.7. The van der Waals surface area contributed by atoms with Gasteiger partial charge in [0, 0.05) is 78.7 Å². The van der Waals surface area contributed by atoms with Crippen LogP contribution in [0.1, 0.15) is 135 Å². The summed E-state index contributed by atoms with van der Waals surface area (Å²) in [5.74, 6) is 3.71. The van der Waals surface area contributed by atoms with Crippen LogP contribution in [0.3, 0.4) is 0 Å². The molecule has 20 nitrogen and oxygen atoms in total. The lowest BCUT2D eigenvalue weighted by Crippen LogP contribution is -2.43. The predicted octanol–water partition coefficient (Wildman–Crippen LogP) is 10.3. The molecule has 3 atom stereocenters. The molecule has 21 heteroatoms. The summed E-state index contributed by atoms with van der Waals surface area (Å²) < 4.78 is 59.7. The van der Waals surface area contributed by atoms with Crippen molar-refractivity contribution in [2.24, 2.45) is 22.7 Å². The van der Waals surface area contributed by atoms with E-state index in [1.54, 1.807) is 41.6 Å². The molecule has 3 aromatic rings. The molecule has 2 amide bonds. The SMILES string of the molecule is COCCCOc1cc(C[C@H](NC(=O)OC(C)(C)C)C(C)C)c(Br)nc1OC.COCCCOc1cc(C[C@H](NC(=O)OC(C)(C)C)C(C)C)c(C=O)nc1OC.COCCCOc1cc2c(nc1OC)C=N[C@H](C(C)C)C2. The summed E-state index contributed by atoms with van der Waals surface area (Å²) in [7, 11) is 9.60. The highest BCUT2D eigenvalue weighted by Crippen LogP contribution is 2.33. The first-order valence-corrected chi connectivity index (χ1v) is 27.3. The lowest BCUT2D eigenvalue weighted by atomic mass is 9.94. The fourth-order valence-corrected chi connectivity index (χ4v) is 7.73. The maximum atomic E-state index is 12.2. The van der Waals surface area contributed by atoms with E-state index >= 15 is 0 Å². The highest BCUT2D eigenvalue weighted by atomic mass is 79.9. The maximum Gasteiger partial charge on any atom is 0.407 e. The Hall–Kier alpha value is -5.51. The molecule has 0 bridgehead atoms. The highest BCUT2D eigenvalue weighted by Gasteiger charge is 2.27. The minimum atomic E-state index is -0.593. The summed E-state index contributed by atoms with van der Waals surface area (Å²) in [4.78, 5) is 53.8. The van der Waals surface area contributed by atoms with Crippen molar-refractivity contribution in [3.8, 4) is 34.9 Å². The van der Waals surface area contributed by atoms with Crippen LogP contribution in [0, 0.1) is 17.8 Å². The number of hydrogen-bond acceptors (Lipinski definition) is 18. The van der Waals surface area contributed by atoms with Gasteiger partial charge in [-0.2, -0.15) is 0 Å². The average Bonchev–Trinajstić information content (AvgIpc) is 3.38. The van der Waals surface area contributed by atoms with Crippen LogP contribution in [0.15, 0.2) is 27.8 Å². The van der Waals surface area contributed by atoms with E-state index < -0.39 is 23.4 Å². The Morgan fingerprint density at radius 3 is 1.42 bits per heavy atom. The van der Waals surface area contributed by atoms with Gasteiger partial charge in [-0.1, -0.05) is 41.5 Å². The highest BCUT2D eigenvalue weighted by molar-refractivity contribution is 9.10. The first kappa shape index (κ1) is 68.6. The van der Waals surface area contributed by atoms with E-state index in [0.717, 1.165) is 30.5 Å². The number of alkyl carbamates (subject to hydrolysis) is 2. The molecule has 0 saturated heterocycles. The van der Waals surface area contributed by atoms with Crippen LogP contribution < -0.4 is 39.1 Å². The lowest BCUT2D eigenvalue weighted by molar-refractivity contribution is 0.0478. The summed E-state index contributed by atoms with van der Waals surface area (Å²) in [5.41, 5.74) is 2.75. The van der Waals surface area contributed by atoms with Crippen molar-refractivity contribution in [1.82, 2.24) is 25.6 Å². The van der Waals surface area contributed by atoms with E-state index in [9.17, 15) is 14.4 Å². The van der Waals surface area contributed by atoms with Gasteiger partial charge in [-0.3, -0.25) is 9.79 Å². The molecule has 0 spiro atoms. The van der Waals surface area contributed by atoms with Gasteiger partial charge in [0.15, 0.2) is 23.5 Å². The molecular formula is C57H91BrN6O14. The van der Waals surface area contributed by atoms with Gasteiger partial charge in [0.25, 0.3) is 17.6 Å². The molecule has 3 aromatic heterocycles. The zero-order valence-corrected chi connectivity index (χ0v) is 51.3. The Morgan fingerprint density at radius 2 is 1.03 bits per heavy atom. The largest absolute Gasteiger partial charge is 0.488 e. The van der Waals surface area contributed by atoms with Crippen molar-refractivity contribution >= 4 is 40.6 Å². The number of ether oxygens (including phenoxy) is 11. The molecular weight excluding hydrogens is 1070 g/mol. The van der Waals surface area contributed by atoms with Crippen molar-refractivity contribution in [3.63, 3.8) is 0 Å². The van der Waals surface area contributed by atoms with Crippen molar-refractivity contribution in [2.45, 2.75) is 151 Å². The number of methoxy groups -OCH3 is 6. The third-order valence-corrected chi connectivity index (χ3v) is 12.2. The maximum absolute atomic E-state index is 12.2. The number of fused-ring (bicyclic) bond motifs is 1. The van der Waals surface area contributed by atoms with Crippen LogP contribution in [0.25, 0.3) is 0 Å². The molecule has 440 valence electrons. The van der Waals surface area contributed by atoms with Crippen molar-refractivity contribution in [1.29, 1.82) is 0 Å². The van der Waals surface area contributed by atoms with E-state index in [4.69, 9.17) is 52.1 Å². The van der Waals surface area contributed by atoms with Crippen LogP contribution in [-0.4, -0.2) is 151 Å². The van der Waals surface area contributed by atoms with Crippen LogP contribution >= 0.6 is 15.9 Å². The van der Waals surface area contributed by atoms with Gasteiger partial charge in [0.05, 0.1) is 52.9 Å². The first-order chi connectivity index (χ1) is 36.8. The summed E-state index contributed by atoms with van der Waals surface area (Å²) in [6.45, 7) is 26.8. The Balaban J connectivity index is 0.000000405. The smallest absolute Gasteiger partial charge is 0.407 e. The van der Waals surface area contributed by atoms with Crippen molar-refractivity contribution in [2.75, 3.05) is 82.3 Å². The summed E-state index contributed by atoms with van der Waals surface area (Å²) in [6, 6.07) is 5.62. The van der Waals surface area contributed by atoms with Gasteiger partial charge in [-0.05, 0) is 129 Å². The molecule has 78 heavy (non-hydrogen) atoms. The standard InChI is InChI=1S/C21H34N2O6.C20H33BrN2O5.C16H24N2O3/c1-14(2)16(23-20(25)29-21(3,4)5)11-15-12-18(28-10-8-9-26-6)19(27-7)22-17(15)13-24;1-13(2)15(22-19(24)28-20(3,4)5)11-14-12-16(27-10-8-9-25-6)18(26-7)23-17(14)21;1-11(2)13-8-12-9-15(21-7-5-6-19-3)16(20-4)18-14(12)10-17-13/h12-14,16H,8-11H2,1-7H3,(H,23,25);12-13,15H,8-11H2,1-7H3,(H,22,24);9-11,13H,5-8H2,1-4H3/t16-;15-;13-/m000/s1. The molecule has 2 N–H and O–H groups in total. The number of aldehydes is 1. The molecule has 4 rings (SSSR count). The third kappa shape index (κ3) is 25.5. The fourth-order valence-electron chi connectivity index (χ4n) is 7.30. The Kier molecular flexibility index (Phi) is 30.9. The Labute approximate surface area is 472 Å². The van der Waals surface area contributed by atoms with E-state index in [1.807, 2.05) is 73.7 Å². The second-order valence-electron chi connectivity index (χ2n) is 21.4. The molecule has 1 aliphatic rings. The molecule has 0 unspecified atom stereocenters. The predicted molar refractivity (Wildman–Crippen MR) is 305 cm³/mol.